The molecule has 0 amide bonds. The van der Waals surface area contributed by atoms with Crippen LogP contribution in [-0.4, -0.2) is 10.1 Å². The monoisotopic (exact) mass is 214 g/mol. The van der Waals surface area contributed by atoms with Gasteiger partial charge in [0.15, 0.2) is 0 Å². The molecular formula is C11H20NOS+. The third kappa shape index (κ3) is 4.27. The Morgan fingerprint density at radius 3 is 2.57 bits per heavy atom. The molecular weight excluding hydrogens is 194 g/mol. The van der Waals surface area contributed by atoms with Crippen molar-refractivity contribution in [3.8, 4) is 0 Å². The third-order valence-electron chi connectivity index (χ3n) is 2.53. The summed E-state index contributed by atoms with van der Waals surface area (Å²) in [4.78, 5) is 11.1. The normalized spacial score (nSPS) is 20.6. The number of nitrogens with zero attached hydrogens (tertiary/aromatic N) is 1. The Bertz CT molecular complexity index is 203. The molecule has 0 aromatic rings. The summed E-state index contributed by atoms with van der Waals surface area (Å²) in [5.74, 6) is 0. The van der Waals surface area contributed by atoms with E-state index >= 15 is 0 Å². The van der Waals surface area contributed by atoms with E-state index in [0.29, 0.717) is 0 Å². The van der Waals surface area contributed by atoms with Gasteiger partial charge < -0.3 is 0 Å². The predicted octanol–water partition coefficient (Wildman–Crippen LogP) is 4.06. The fraction of sp³-hybridized carbons (Fsp3) is 0.818. The summed E-state index contributed by atoms with van der Waals surface area (Å²) in [5, 5.41) is 2.07. The number of thioether (sulfide) groups is 1. The molecule has 1 aliphatic rings. The summed E-state index contributed by atoms with van der Waals surface area (Å²) < 4.78 is 1.08. The average molecular weight is 214 g/mol. The van der Waals surface area contributed by atoms with Crippen LogP contribution in [0.5, 0.6) is 0 Å². The summed E-state index contributed by atoms with van der Waals surface area (Å²) in [6.07, 6.45) is 10.5. The van der Waals surface area contributed by atoms with Gasteiger partial charge in [-0.1, -0.05) is 39.0 Å². The van der Waals surface area contributed by atoms with Crippen molar-refractivity contribution in [3.63, 3.8) is 0 Å². The lowest BCUT2D eigenvalue weighted by Crippen LogP contribution is -2.10. The molecule has 0 bridgehead atoms. The second-order valence-electron chi connectivity index (χ2n) is 3.79. The highest BCUT2D eigenvalue weighted by Gasteiger charge is 2.27. The van der Waals surface area contributed by atoms with E-state index in [0.717, 1.165) is 11.2 Å². The van der Waals surface area contributed by atoms with Crippen LogP contribution < -0.4 is 0 Å². The molecule has 3 heteroatoms. The van der Waals surface area contributed by atoms with Gasteiger partial charge in [-0.3, -0.25) is 0 Å². The van der Waals surface area contributed by atoms with Gasteiger partial charge in [0.05, 0.1) is 0 Å². The smallest absolute Gasteiger partial charge is 0.0654 e. The van der Waals surface area contributed by atoms with E-state index in [1.807, 2.05) is 5.41 Å². The van der Waals surface area contributed by atoms with Gasteiger partial charge in [-0.15, -0.1) is 0 Å². The van der Waals surface area contributed by atoms with Crippen molar-refractivity contribution in [2.45, 2.75) is 57.2 Å². The van der Waals surface area contributed by atoms with Gasteiger partial charge in [0.2, 0.25) is 6.20 Å². The molecule has 0 saturated carbocycles. The minimum absolute atomic E-state index is 0.168. The first kappa shape index (κ1) is 11.8. The van der Waals surface area contributed by atoms with Crippen molar-refractivity contribution < 1.29 is 4.76 Å². The third-order valence-corrected chi connectivity index (χ3v) is 3.57. The summed E-state index contributed by atoms with van der Waals surface area (Å²) >= 11 is 1.65. The molecule has 1 rings (SSSR count). The van der Waals surface area contributed by atoms with E-state index in [2.05, 4.69) is 6.92 Å². The zero-order valence-corrected chi connectivity index (χ0v) is 9.76. The molecule has 80 valence electrons. The first-order valence-electron chi connectivity index (χ1n) is 5.62. The highest BCUT2D eigenvalue weighted by atomic mass is 32.2. The van der Waals surface area contributed by atoms with Crippen molar-refractivity contribution >= 4 is 11.8 Å². The molecule has 1 atom stereocenters. The summed E-state index contributed by atoms with van der Waals surface area (Å²) in [6, 6.07) is 0. The second kappa shape index (κ2) is 7.04. The number of unbranched alkanes of at least 4 members (excludes halogenated alkanes) is 5. The number of nitroso groups, excluding NO2 is 1. The van der Waals surface area contributed by atoms with Crippen molar-refractivity contribution in [1.29, 1.82) is 0 Å². The maximum absolute atomic E-state index is 11.1. The van der Waals surface area contributed by atoms with Crippen LogP contribution in [0.25, 0.3) is 0 Å². The van der Waals surface area contributed by atoms with Crippen LogP contribution in [-0.2, 0) is 0 Å². The molecule has 0 N–H and O–H groups in total. The van der Waals surface area contributed by atoms with Crippen LogP contribution in [0.3, 0.4) is 0 Å². The Kier molecular flexibility index (Phi) is 5.92. The Hall–Kier alpha value is -0.310. The standard InChI is InChI=1S/C11H20NOS/c1-2-3-4-5-6-7-8-11-12(13)9-10-14-11/h9-11H,2-8H2,1H3/q+1. The van der Waals surface area contributed by atoms with E-state index in [1.165, 1.54) is 38.5 Å². The predicted molar refractivity (Wildman–Crippen MR) is 62.1 cm³/mol. The Balaban J connectivity index is 1.91. The van der Waals surface area contributed by atoms with Crippen LogP contribution in [0.4, 0.5) is 0 Å². The van der Waals surface area contributed by atoms with E-state index in [9.17, 15) is 4.91 Å². The molecule has 0 fully saturated rings. The quantitative estimate of drug-likeness (QED) is 0.470. The van der Waals surface area contributed by atoms with Crippen molar-refractivity contribution in [2.24, 2.45) is 0 Å². The molecule has 14 heavy (non-hydrogen) atoms. The lowest BCUT2D eigenvalue weighted by atomic mass is 10.1. The molecule has 0 saturated heterocycles. The fourth-order valence-corrected chi connectivity index (χ4v) is 2.50. The highest BCUT2D eigenvalue weighted by molar-refractivity contribution is 8.02. The molecule has 1 heterocycles. The molecule has 0 aromatic carbocycles. The van der Waals surface area contributed by atoms with Crippen LogP contribution >= 0.6 is 11.8 Å². The first-order valence-corrected chi connectivity index (χ1v) is 6.56. The molecule has 1 unspecified atom stereocenters. The van der Waals surface area contributed by atoms with Gasteiger partial charge in [-0.25, -0.2) is 0 Å². The maximum Gasteiger partial charge on any atom is 0.256 e. The minimum atomic E-state index is 0.168. The Morgan fingerprint density at radius 1 is 1.21 bits per heavy atom. The molecule has 0 aliphatic carbocycles. The van der Waals surface area contributed by atoms with Crippen LogP contribution in [0.15, 0.2) is 11.6 Å². The van der Waals surface area contributed by atoms with Gasteiger partial charge >= 0.3 is 0 Å². The lowest BCUT2D eigenvalue weighted by Gasteiger charge is -2.01. The Morgan fingerprint density at radius 2 is 1.93 bits per heavy atom. The number of hydrogen-bond donors (Lipinski definition) is 0. The largest absolute Gasteiger partial charge is 0.256 e. The van der Waals surface area contributed by atoms with Crippen LogP contribution in [0, 0.1) is 4.91 Å². The van der Waals surface area contributed by atoms with Gasteiger partial charge in [0.1, 0.15) is 0 Å². The van der Waals surface area contributed by atoms with Crippen molar-refractivity contribution in [2.75, 3.05) is 0 Å². The summed E-state index contributed by atoms with van der Waals surface area (Å²) in [7, 11) is 0. The number of rotatable bonds is 7. The zero-order valence-electron chi connectivity index (χ0n) is 8.95. The van der Waals surface area contributed by atoms with E-state index in [1.54, 1.807) is 18.0 Å². The molecule has 0 radical (unpaired) electrons. The maximum atomic E-state index is 11.1. The van der Waals surface area contributed by atoms with Crippen LogP contribution in [0.2, 0.25) is 0 Å². The Labute approximate surface area is 90.7 Å². The lowest BCUT2D eigenvalue weighted by molar-refractivity contribution is -0.491. The summed E-state index contributed by atoms with van der Waals surface area (Å²) in [5.41, 5.74) is 0. The van der Waals surface area contributed by atoms with Gasteiger partial charge in [0.25, 0.3) is 5.37 Å². The van der Waals surface area contributed by atoms with Gasteiger partial charge in [0, 0.05) is 21.5 Å². The van der Waals surface area contributed by atoms with Gasteiger partial charge in [-0.2, -0.15) is 0 Å². The first-order chi connectivity index (χ1) is 6.84. The van der Waals surface area contributed by atoms with Crippen molar-refractivity contribution in [3.05, 3.63) is 16.5 Å². The van der Waals surface area contributed by atoms with Gasteiger partial charge in [-0.05, 0) is 18.2 Å². The average Bonchev–Trinajstić information content (AvgIpc) is 2.58. The van der Waals surface area contributed by atoms with E-state index in [-0.39, 0.29) is 5.37 Å². The fourth-order valence-electron chi connectivity index (χ4n) is 1.64. The second-order valence-corrected chi connectivity index (χ2v) is 4.88. The molecule has 1 aliphatic heterocycles. The highest BCUT2D eigenvalue weighted by Crippen LogP contribution is 2.25. The zero-order chi connectivity index (χ0) is 10.2. The SMILES string of the molecule is CCCCCCCCC1SC=C[N+]1=O. The molecule has 2 nitrogen and oxygen atoms in total. The van der Waals surface area contributed by atoms with Crippen molar-refractivity contribution in [1.82, 2.24) is 0 Å². The number of hydrogen-bond acceptors (Lipinski definition) is 2. The molecule has 0 aromatic heterocycles. The molecule has 0 spiro atoms. The van der Waals surface area contributed by atoms with E-state index < -0.39 is 0 Å². The minimum Gasteiger partial charge on any atom is -0.0654 e. The topological polar surface area (TPSA) is 20.1 Å². The van der Waals surface area contributed by atoms with E-state index in [4.69, 9.17) is 0 Å². The van der Waals surface area contributed by atoms with Crippen LogP contribution in [0.1, 0.15) is 51.9 Å². The summed E-state index contributed by atoms with van der Waals surface area (Å²) in [6.45, 7) is 2.23.